The molecule has 0 spiro atoms. The second-order valence-corrected chi connectivity index (χ2v) is 11.4. The number of nitrogens with zero attached hydrogens (tertiary/aromatic N) is 1. The van der Waals surface area contributed by atoms with Crippen molar-refractivity contribution in [1.82, 2.24) is 5.32 Å². The molecule has 3 atom stereocenters. The highest BCUT2D eigenvalue weighted by molar-refractivity contribution is 6.74. The number of carbonyl (C=O) groups is 1. The summed E-state index contributed by atoms with van der Waals surface area (Å²) in [5, 5.41) is 12.1. The van der Waals surface area contributed by atoms with Crippen LogP contribution in [0.15, 0.2) is 0 Å². The quantitative estimate of drug-likeness (QED) is 0.604. The fraction of sp³-hybridized carbons (Fsp3) is 0.857. The third-order valence-corrected chi connectivity index (χ3v) is 8.44. The maximum absolute atomic E-state index is 11.2. The minimum atomic E-state index is -1.96. The fourth-order valence-corrected chi connectivity index (χ4v) is 3.06. The zero-order valence-electron chi connectivity index (χ0n) is 13.9. The molecule has 0 fully saturated rings. The molecule has 0 aliphatic carbocycles. The maximum atomic E-state index is 11.2. The number of nitriles is 1. The van der Waals surface area contributed by atoms with Gasteiger partial charge in [0.15, 0.2) is 8.32 Å². The molecule has 1 N–H and O–H groups in total. The summed E-state index contributed by atoms with van der Waals surface area (Å²) >= 11 is 0. The molecule has 6 heteroatoms. The summed E-state index contributed by atoms with van der Waals surface area (Å²) in [6, 6.07) is 2.19. The van der Waals surface area contributed by atoms with Crippen molar-refractivity contribution in [2.45, 2.75) is 65.1 Å². The Morgan fingerprint density at radius 2 is 1.85 bits per heavy atom. The summed E-state index contributed by atoms with van der Waals surface area (Å²) in [6.07, 6.45) is -0.963. The van der Waals surface area contributed by atoms with Gasteiger partial charge in [0.25, 0.3) is 0 Å². The van der Waals surface area contributed by atoms with Gasteiger partial charge in [-0.3, -0.25) is 4.79 Å². The van der Waals surface area contributed by atoms with Crippen LogP contribution in [0.25, 0.3) is 0 Å². The van der Waals surface area contributed by atoms with Gasteiger partial charge in [-0.15, -0.1) is 0 Å². The Labute approximate surface area is 123 Å². The lowest BCUT2D eigenvalue weighted by Crippen LogP contribution is -2.50. The van der Waals surface area contributed by atoms with Gasteiger partial charge in [0.1, 0.15) is 12.1 Å². The van der Waals surface area contributed by atoms with Gasteiger partial charge in [-0.2, -0.15) is 5.26 Å². The van der Waals surface area contributed by atoms with Crippen LogP contribution in [0.4, 0.5) is 0 Å². The number of ether oxygens (including phenoxy) is 1. The molecule has 5 nitrogen and oxygen atoms in total. The number of nitrogens with one attached hydrogen (secondary N) is 1. The number of hydrogen-bond donors (Lipinski definition) is 1. The molecular formula is C14H28N2O3Si. The molecule has 0 heterocycles. The van der Waals surface area contributed by atoms with Crippen LogP contribution in [0.2, 0.25) is 18.1 Å². The number of amides is 1. The van der Waals surface area contributed by atoms with E-state index in [2.05, 4.69) is 45.3 Å². The first kappa shape index (κ1) is 19.1. The lowest BCUT2D eigenvalue weighted by atomic mass is 10.0. The highest BCUT2D eigenvalue weighted by Gasteiger charge is 2.41. The smallest absolute Gasteiger partial charge is 0.218 e. The van der Waals surface area contributed by atoms with Gasteiger partial charge in [-0.25, -0.2) is 0 Å². The summed E-state index contributed by atoms with van der Waals surface area (Å²) in [7, 11) is -0.489. The molecule has 0 saturated carbocycles. The van der Waals surface area contributed by atoms with Crippen LogP contribution < -0.4 is 5.32 Å². The van der Waals surface area contributed by atoms with Crippen molar-refractivity contribution in [3.05, 3.63) is 0 Å². The van der Waals surface area contributed by atoms with Crippen LogP contribution in [0.1, 0.15) is 34.6 Å². The van der Waals surface area contributed by atoms with Crippen molar-refractivity contribution in [3.63, 3.8) is 0 Å². The summed E-state index contributed by atoms with van der Waals surface area (Å²) < 4.78 is 11.4. The SMILES string of the molecule is CO[C@H](NC(C)=O)[C@H](C#N)C(C)O[Si](C)(C)C(C)(C)C. The Kier molecular flexibility index (Phi) is 6.88. The summed E-state index contributed by atoms with van der Waals surface area (Å²) in [4.78, 5) is 11.2. The predicted molar refractivity (Wildman–Crippen MR) is 81.5 cm³/mol. The molecule has 0 radical (unpaired) electrons. The molecule has 0 aromatic carbocycles. The van der Waals surface area contributed by atoms with E-state index < -0.39 is 20.5 Å². The van der Waals surface area contributed by atoms with Crippen molar-refractivity contribution in [2.24, 2.45) is 5.92 Å². The van der Waals surface area contributed by atoms with Crippen molar-refractivity contribution >= 4 is 14.2 Å². The molecule has 0 bridgehead atoms. The highest BCUT2D eigenvalue weighted by atomic mass is 28.4. The molecular weight excluding hydrogens is 272 g/mol. The average molecular weight is 300 g/mol. The Hall–Kier alpha value is -0.903. The second kappa shape index (κ2) is 7.20. The number of methoxy groups -OCH3 is 1. The lowest BCUT2D eigenvalue weighted by molar-refractivity contribution is -0.124. The van der Waals surface area contributed by atoms with E-state index in [9.17, 15) is 10.1 Å². The minimum Gasteiger partial charge on any atom is -0.413 e. The van der Waals surface area contributed by atoms with E-state index in [-0.39, 0.29) is 17.0 Å². The van der Waals surface area contributed by atoms with E-state index in [1.54, 1.807) is 0 Å². The predicted octanol–water partition coefficient (Wildman–Crippen LogP) is 2.65. The largest absolute Gasteiger partial charge is 0.413 e. The van der Waals surface area contributed by atoms with Crippen LogP contribution in [0.5, 0.6) is 0 Å². The summed E-state index contributed by atoms with van der Waals surface area (Å²) in [5.41, 5.74) is 0. The van der Waals surface area contributed by atoms with Crippen LogP contribution in [-0.4, -0.2) is 33.7 Å². The zero-order valence-corrected chi connectivity index (χ0v) is 14.9. The Bertz CT molecular complexity index is 372. The maximum Gasteiger partial charge on any atom is 0.218 e. The average Bonchev–Trinajstić information content (AvgIpc) is 2.25. The van der Waals surface area contributed by atoms with E-state index >= 15 is 0 Å². The van der Waals surface area contributed by atoms with E-state index in [1.165, 1.54) is 14.0 Å². The van der Waals surface area contributed by atoms with E-state index in [4.69, 9.17) is 9.16 Å². The molecule has 0 saturated heterocycles. The van der Waals surface area contributed by atoms with E-state index in [0.29, 0.717) is 0 Å². The van der Waals surface area contributed by atoms with Crippen molar-refractivity contribution in [1.29, 1.82) is 5.26 Å². The first-order valence-corrected chi connectivity index (χ1v) is 9.74. The topological polar surface area (TPSA) is 71.3 Å². The van der Waals surface area contributed by atoms with Gasteiger partial charge in [-0.1, -0.05) is 20.8 Å². The van der Waals surface area contributed by atoms with Crippen LogP contribution in [0.3, 0.4) is 0 Å². The summed E-state index contributed by atoms with van der Waals surface area (Å²) in [5.74, 6) is -0.769. The van der Waals surface area contributed by atoms with Gasteiger partial charge in [-0.05, 0) is 25.1 Å². The third-order valence-electron chi connectivity index (χ3n) is 3.87. The van der Waals surface area contributed by atoms with E-state index in [1.807, 2.05) is 6.92 Å². The minimum absolute atomic E-state index is 0.0673. The molecule has 0 aliphatic heterocycles. The first-order chi connectivity index (χ1) is 8.96. The van der Waals surface area contributed by atoms with Crippen LogP contribution in [0, 0.1) is 17.2 Å². The lowest BCUT2D eigenvalue weighted by Gasteiger charge is -2.40. The van der Waals surface area contributed by atoms with Crippen molar-refractivity contribution < 1.29 is 14.0 Å². The Balaban J connectivity index is 5.00. The molecule has 0 rings (SSSR count). The Morgan fingerprint density at radius 3 is 2.15 bits per heavy atom. The molecule has 0 aromatic rings. The van der Waals surface area contributed by atoms with Crippen molar-refractivity contribution in [3.8, 4) is 6.07 Å². The third kappa shape index (κ3) is 5.23. The monoisotopic (exact) mass is 300 g/mol. The van der Waals surface area contributed by atoms with Gasteiger partial charge in [0.05, 0.1) is 12.2 Å². The molecule has 20 heavy (non-hydrogen) atoms. The first-order valence-electron chi connectivity index (χ1n) is 6.83. The molecule has 116 valence electrons. The van der Waals surface area contributed by atoms with Gasteiger partial charge >= 0.3 is 0 Å². The standard InChI is InChI=1S/C14H28N2O3Si/c1-10(19-20(7,8)14(3,4)5)12(9-15)13(18-6)16-11(2)17/h10,12-13H,1-8H3,(H,16,17)/t10?,12-,13+/m1/s1. The fourth-order valence-electron chi connectivity index (χ4n) is 1.63. The molecule has 1 unspecified atom stereocenters. The van der Waals surface area contributed by atoms with Crippen LogP contribution in [-0.2, 0) is 14.0 Å². The number of carbonyl (C=O) groups excluding carboxylic acids is 1. The van der Waals surface area contributed by atoms with E-state index in [0.717, 1.165) is 0 Å². The number of rotatable bonds is 6. The summed E-state index contributed by atoms with van der Waals surface area (Å²) in [6.45, 7) is 14.0. The highest BCUT2D eigenvalue weighted by Crippen LogP contribution is 2.38. The zero-order chi connectivity index (χ0) is 16.1. The van der Waals surface area contributed by atoms with Crippen LogP contribution >= 0.6 is 0 Å². The Morgan fingerprint density at radius 1 is 1.35 bits per heavy atom. The van der Waals surface area contributed by atoms with Crippen molar-refractivity contribution in [2.75, 3.05) is 7.11 Å². The second-order valence-electron chi connectivity index (χ2n) is 6.59. The normalized spacial score (nSPS) is 16.9. The molecule has 1 amide bonds. The van der Waals surface area contributed by atoms with Gasteiger partial charge in [0, 0.05) is 14.0 Å². The van der Waals surface area contributed by atoms with Gasteiger partial charge in [0.2, 0.25) is 5.91 Å². The van der Waals surface area contributed by atoms with Gasteiger partial charge < -0.3 is 14.5 Å². The number of hydrogen-bond acceptors (Lipinski definition) is 4. The molecule has 0 aliphatic rings. The molecule has 0 aromatic heterocycles.